The van der Waals surface area contributed by atoms with E-state index < -0.39 is 0 Å². The maximum Gasteiger partial charge on any atom is 0.0956 e. The third kappa shape index (κ3) is 5.85. The van der Waals surface area contributed by atoms with Gasteiger partial charge in [-0.25, -0.2) is 0 Å². The summed E-state index contributed by atoms with van der Waals surface area (Å²) >= 11 is 0. The third-order valence-corrected chi connectivity index (χ3v) is 2.42. The van der Waals surface area contributed by atoms with Crippen LogP contribution in [0.5, 0.6) is 0 Å². The van der Waals surface area contributed by atoms with Crippen LogP contribution in [-0.2, 0) is 4.74 Å². The summed E-state index contributed by atoms with van der Waals surface area (Å²) in [6.07, 6.45) is 1.28. The first-order valence-electron chi connectivity index (χ1n) is 6.46. The molecule has 0 radical (unpaired) electrons. The Morgan fingerprint density at radius 1 is 1.18 bits per heavy atom. The number of hydrogen-bond acceptors (Lipinski definition) is 2. The first-order chi connectivity index (χ1) is 8.03. The average molecular weight is 235 g/mol. The second-order valence-corrected chi connectivity index (χ2v) is 5.33. The molecule has 1 aromatic carbocycles. The molecule has 0 bridgehead atoms. The second-order valence-electron chi connectivity index (χ2n) is 5.33. The van der Waals surface area contributed by atoms with Gasteiger partial charge >= 0.3 is 0 Å². The van der Waals surface area contributed by atoms with E-state index in [9.17, 15) is 0 Å². The van der Waals surface area contributed by atoms with Crippen LogP contribution in [0.4, 0.5) is 0 Å². The standard InChI is InChI=1S/C15H25NO/c1-5-11-16-12-14(17-15(2,3)4)13-9-7-6-8-10-13/h6-10,14,16H,5,11-12H2,1-4H3. The highest BCUT2D eigenvalue weighted by molar-refractivity contribution is 5.18. The first kappa shape index (κ1) is 14.2. The van der Waals surface area contributed by atoms with Gasteiger partial charge in [-0.1, -0.05) is 37.3 Å². The van der Waals surface area contributed by atoms with Crippen LogP contribution in [0, 0.1) is 0 Å². The summed E-state index contributed by atoms with van der Waals surface area (Å²) in [6.45, 7) is 10.4. The summed E-state index contributed by atoms with van der Waals surface area (Å²) < 4.78 is 6.11. The van der Waals surface area contributed by atoms with Crippen molar-refractivity contribution in [3.8, 4) is 0 Å². The van der Waals surface area contributed by atoms with Crippen molar-refractivity contribution in [3.05, 3.63) is 35.9 Å². The molecule has 0 amide bonds. The summed E-state index contributed by atoms with van der Waals surface area (Å²) in [4.78, 5) is 0. The minimum Gasteiger partial charge on any atom is -0.367 e. The maximum absolute atomic E-state index is 6.11. The van der Waals surface area contributed by atoms with E-state index in [0.29, 0.717) is 0 Å². The Hall–Kier alpha value is -0.860. The van der Waals surface area contributed by atoms with E-state index in [1.807, 2.05) is 6.07 Å². The van der Waals surface area contributed by atoms with Crippen molar-refractivity contribution in [1.29, 1.82) is 0 Å². The van der Waals surface area contributed by atoms with Crippen molar-refractivity contribution in [1.82, 2.24) is 5.32 Å². The third-order valence-electron chi connectivity index (χ3n) is 2.42. The zero-order chi connectivity index (χ0) is 12.7. The van der Waals surface area contributed by atoms with E-state index in [0.717, 1.165) is 19.5 Å². The van der Waals surface area contributed by atoms with E-state index in [-0.39, 0.29) is 11.7 Å². The zero-order valence-corrected chi connectivity index (χ0v) is 11.5. The molecule has 1 aromatic rings. The first-order valence-corrected chi connectivity index (χ1v) is 6.46. The second kappa shape index (κ2) is 6.77. The molecule has 0 saturated carbocycles. The van der Waals surface area contributed by atoms with Crippen LogP contribution in [0.2, 0.25) is 0 Å². The smallest absolute Gasteiger partial charge is 0.0956 e. The highest BCUT2D eigenvalue weighted by atomic mass is 16.5. The molecule has 0 aliphatic heterocycles. The lowest BCUT2D eigenvalue weighted by atomic mass is 10.1. The molecule has 0 fully saturated rings. The molecule has 0 saturated heterocycles. The molecular formula is C15H25NO. The van der Waals surface area contributed by atoms with Crippen LogP contribution < -0.4 is 5.32 Å². The van der Waals surface area contributed by atoms with E-state index in [1.165, 1.54) is 5.56 Å². The molecule has 0 aromatic heterocycles. The predicted octanol–water partition coefficient (Wildman–Crippen LogP) is 3.54. The molecule has 96 valence electrons. The van der Waals surface area contributed by atoms with E-state index >= 15 is 0 Å². The van der Waals surface area contributed by atoms with Crippen molar-refractivity contribution >= 4 is 0 Å². The van der Waals surface area contributed by atoms with Gasteiger partial charge < -0.3 is 10.1 Å². The Morgan fingerprint density at radius 2 is 1.82 bits per heavy atom. The number of ether oxygens (including phenoxy) is 1. The van der Waals surface area contributed by atoms with Crippen molar-refractivity contribution in [3.63, 3.8) is 0 Å². The van der Waals surface area contributed by atoms with E-state index in [1.54, 1.807) is 0 Å². The maximum atomic E-state index is 6.11. The van der Waals surface area contributed by atoms with Gasteiger partial charge in [0.25, 0.3) is 0 Å². The highest BCUT2D eigenvalue weighted by Crippen LogP contribution is 2.23. The van der Waals surface area contributed by atoms with Gasteiger partial charge in [0, 0.05) is 6.54 Å². The monoisotopic (exact) mass is 235 g/mol. The lowest BCUT2D eigenvalue weighted by Gasteiger charge is -2.28. The number of hydrogen-bond donors (Lipinski definition) is 1. The summed E-state index contributed by atoms with van der Waals surface area (Å²) in [5, 5.41) is 3.43. The molecule has 0 aliphatic carbocycles. The quantitative estimate of drug-likeness (QED) is 0.761. The lowest BCUT2D eigenvalue weighted by Crippen LogP contribution is -2.30. The molecule has 17 heavy (non-hydrogen) atoms. The van der Waals surface area contributed by atoms with Gasteiger partial charge in [0.05, 0.1) is 11.7 Å². The summed E-state index contributed by atoms with van der Waals surface area (Å²) in [5.74, 6) is 0. The van der Waals surface area contributed by atoms with Crippen LogP contribution in [0.3, 0.4) is 0 Å². The molecule has 2 heteroatoms. The molecule has 0 spiro atoms. The normalized spacial score (nSPS) is 13.6. The van der Waals surface area contributed by atoms with Crippen LogP contribution in [0.1, 0.15) is 45.8 Å². The molecular weight excluding hydrogens is 210 g/mol. The SMILES string of the molecule is CCCNCC(OC(C)(C)C)c1ccccc1. The fraction of sp³-hybridized carbons (Fsp3) is 0.600. The fourth-order valence-electron chi connectivity index (χ4n) is 1.73. The fourth-order valence-corrected chi connectivity index (χ4v) is 1.73. The van der Waals surface area contributed by atoms with Crippen molar-refractivity contribution in [2.24, 2.45) is 0 Å². The zero-order valence-electron chi connectivity index (χ0n) is 11.5. The topological polar surface area (TPSA) is 21.3 Å². The minimum absolute atomic E-state index is 0.117. The average Bonchev–Trinajstić information content (AvgIpc) is 2.28. The predicted molar refractivity (Wildman–Crippen MR) is 73.2 cm³/mol. The van der Waals surface area contributed by atoms with Crippen LogP contribution in [0.15, 0.2) is 30.3 Å². The molecule has 1 N–H and O–H groups in total. The molecule has 1 rings (SSSR count). The van der Waals surface area contributed by atoms with Gasteiger partial charge in [-0.15, -0.1) is 0 Å². The van der Waals surface area contributed by atoms with Gasteiger partial charge in [-0.05, 0) is 39.3 Å². The number of benzene rings is 1. The molecule has 0 aliphatic rings. The molecule has 1 unspecified atom stereocenters. The van der Waals surface area contributed by atoms with Crippen LogP contribution >= 0.6 is 0 Å². The van der Waals surface area contributed by atoms with Gasteiger partial charge in [0.2, 0.25) is 0 Å². The van der Waals surface area contributed by atoms with Gasteiger partial charge in [0.15, 0.2) is 0 Å². The number of nitrogens with one attached hydrogen (secondary N) is 1. The van der Waals surface area contributed by atoms with Crippen molar-refractivity contribution < 1.29 is 4.74 Å². The molecule has 2 nitrogen and oxygen atoms in total. The Kier molecular flexibility index (Phi) is 5.66. The van der Waals surface area contributed by atoms with Gasteiger partial charge in [0.1, 0.15) is 0 Å². The number of rotatable bonds is 6. The lowest BCUT2D eigenvalue weighted by molar-refractivity contribution is -0.0605. The summed E-state index contributed by atoms with van der Waals surface area (Å²) in [7, 11) is 0. The minimum atomic E-state index is -0.117. The summed E-state index contributed by atoms with van der Waals surface area (Å²) in [5.41, 5.74) is 1.13. The van der Waals surface area contributed by atoms with E-state index in [2.05, 4.69) is 57.3 Å². The Labute approximate surface area is 105 Å². The van der Waals surface area contributed by atoms with Gasteiger partial charge in [-0.3, -0.25) is 0 Å². The van der Waals surface area contributed by atoms with Crippen molar-refractivity contribution in [2.75, 3.05) is 13.1 Å². The largest absolute Gasteiger partial charge is 0.367 e. The van der Waals surface area contributed by atoms with E-state index in [4.69, 9.17) is 4.74 Å². The summed E-state index contributed by atoms with van der Waals surface area (Å²) in [6, 6.07) is 10.4. The Balaban J connectivity index is 2.65. The van der Waals surface area contributed by atoms with Crippen LogP contribution in [0.25, 0.3) is 0 Å². The Morgan fingerprint density at radius 3 is 2.35 bits per heavy atom. The van der Waals surface area contributed by atoms with Crippen LogP contribution in [-0.4, -0.2) is 18.7 Å². The molecule has 1 atom stereocenters. The molecule has 0 heterocycles. The Bertz CT molecular complexity index is 302. The highest BCUT2D eigenvalue weighted by Gasteiger charge is 2.19. The van der Waals surface area contributed by atoms with Crippen molar-refractivity contribution in [2.45, 2.75) is 45.8 Å². The van der Waals surface area contributed by atoms with Gasteiger partial charge in [-0.2, -0.15) is 0 Å².